The zero-order valence-electron chi connectivity index (χ0n) is 23.6. The Hall–Kier alpha value is -4.75. The normalized spacial score (nSPS) is 12.2. The van der Waals surface area contributed by atoms with E-state index in [2.05, 4.69) is 5.32 Å². The van der Waals surface area contributed by atoms with Gasteiger partial charge in [0, 0.05) is 23.7 Å². The van der Waals surface area contributed by atoms with Crippen LogP contribution in [0.25, 0.3) is 11.1 Å². The molecule has 4 aromatic carbocycles. The maximum Gasteiger partial charge on any atom is 0.305 e. The average Bonchev–Trinajstić information content (AvgIpc) is 3.03. The molecule has 1 unspecified atom stereocenters. The molecule has 0 bridgehead atoms. The number of nitrogens with zero attached hydrogens (tertiary/aromatic N) is 1. The number of carboxylic acids is 1. The number of hydrogen-bond acceptors (Lipinski definition) is 4. The van der Waals surface area contributed by atoms with Gasteiger partial charge in [-0.15, -0.1) is 0 Å². The van der Waals surface area contributed by atoms with Crippen LogP contribution in [0.4, 0.5) is 0 Å². The summed E-state index contributed by atoms with van der Waals surface area (Å²) in [6, 6.07) is 32.5. The summed E-state index contributed by atoms with van der Waals surface area (Å²) < 4.78 is 0. The second-order valence-corrected chi connectivity index (χ2v) is 10.2. The molecule has 0 saturated carbocycles. The number of benzene rings is 4. The molecule has 0 fully saturated rings. The van der Waals surface area contributed by atoms with Crippen molar-refractivity contribution in [3.8, 4) is 11.1 Å². The highest BCUT2D eigenvalue weighted by molar-refractivity contribution is 6.06. The van der Waals surface area contributed by atoms with Crippen LogP contribution in [0.1, 0.15) is 57.7 Å². The fourth-order valence-electron chi connectivity index (χ4n) is 5.05. The lowest BCUT2D eigenvalue weighted by molar-refractivity contribution is -0.137. The zero-order valence-corrected chi connectivity index (χ0v) is 23.6. The zero-order chi connectivity index (χ0) is 29.9. The molecule has 7 heteroatoms. The number of aliphatic hydroxyl groups is 1. The van der Waals surface area contributed by atoms with Gasteiger partial charge in [-0.05, 0) is 54.2 Å². The topological polar surface area (TPSA) is 107 Å². The van der Waals surface area contributed by atoms with E-state index in [1.807, 2.05) is 73.7 Å². The van der Waals surface area contributed by atoms with Crippen molar-refractivity contribution in [2.45, 2.75) is 38.3 Å². The number of carboxylic acid groups (broad SMARTS) is 1. The molecule has 216 valence electrons. The van der Waals surface area contributed by atoms with Crippen LogP contribution in [-0.4, -0.2) is 52.1 Å². The Bertz CT molecular complexity index is 1490. The van der Waals surface area contributed by atoms with Crippen LogP contribution in [0.5, 0.6) is 0 Å². The lowest BCUT2D eigenvalue weighted by Crippen LogP contribution is -2.40. The first-order valence-electron chi connectivity index (χ1n) is 14.1. The Morgan fingerprint density at radius 2 is 1.31 bits per heavy atom. The summed E-state index contributed by atoms with van der Waals surface area (Å²) in [5.74, 6) is -1.65. The second kappa shape index (κ2) is 14.8. The van der Waals surface area contributed by atoms with Crippen LogP contribution in [0, 0.1) is 0 Å². The second-order valence-electron chi connectivity index (χ2n) is 10.2. The molecule has 4 aromatic rings. The summed E-state index contributed by atoms with van der Waals surface area (Å²) in [6.45, 7) is 1.73. The summed E-state index contributed by atoms with van der Waals surface area (Å²) in [7, 11) is 0. The van der Waals surface area contributed by atoms with Gasteiger partial charge in [0.1, 0.15) is 0 Å². The highest BCUT2D eigenvalue weighted by Crippen LogP contribution is 2.29. The number of aryl methyl sites for hydroxylation is 1. The first kappa shape index (κ1) is 30.2. The number of aliphatic carboxylic acids is 1. The van der Waals surface area contributed by atoms with Crippen molar-refractivity contribution in [1.82, 2.24) is 10.2 Å². The van der Waals surface area contributed by atoms with Gasteiger partial charge >= 0.3 is 5.97 Å². The van der Waals surface area contributed by atoms with Gasteiger partial charge in [-0.2, -0.15) is 0 Å². The van der Waals surface area contributed by atoms with E-state index in [4.69, 9.17) is 0 Å². The predicted molar refractivity (Wildman–Crippen MR) is 163 cm³/mol. The van der Waals surface area contributed by atoms with E-state index in [0.29, 0.717) is 28.7 Å². The molecule has 3 N–H and O–H groups in total. The molecule has 0 spiro atoms. The van der Waals surface area contributed by atoms with Gasteiger partial charge in [0.2, 0.25) is 0 Å². The number of hydrogen-bond donors (Lipinski definition) is 3. The van der Waals surface area contributed by atoms with Gasteiger partial charge in [0.25, 0.3) is 11.8 Å². The molecule has 0 aromatic heterocycles. The molecule has 0 aliphatic carbocycles. The molecular weight excluding hydrogens is 528 g/mol. The molecule has 42 heavy (non-hydrogen) atoms. The van der Waals surface area contributed by atoms with E-state index < -0.39 is 12.0 Å². The highest BCUT2D eigenvalue weighted by atomic mass is 16.4. The molecular formula is C35H36N2O5. The van der Waals surface area contributed by atoms with Crippen molar-refractivity contribution >= 4 is 17.8 Å². The van der Waals surface area contributed by atoms with Crippen LogP contribution in [-0.2, 0) is 11.2 Å². The van der Waals surface area contributed by atoms with Crippen molar-refractivity contribution in [1.29, 1.82) is 0 Å². The van der Waals surface area contributed by atoms with E-state index in [1.54, 1.807) is 47.4 Å². The van der Waals surface area contributed by atoms with Crippen LogP contribution in [0.3, 0.4) is 0 Å². The number of amides is 2. The summed E-state index contributed by atoms with van der Waals surface area (Å²) in [6.07, 6.45) is 1.24. The summed E-state index contributed by atoms with van der Waals surface area (Å²) in [4.78, 5) is 40.7. The minimum atomic E-state index is -0.977. The van der Waals surface area contributed by atoms with Crippen molar-refractivity contribution in [3.63, 3.8) is 0 Å². The van der Waals surface area contributed by atoms with E-state index in [0.717, 1.165) is 17.5 Å². The van der Waals surface area contributed by atoms with E-state index in [9.17, 15) is 24.6 Å². The van der Waals surface area contributed by atoms with E-state index >= 15 is 0 Å². The molecule has 0 aliphatic rings. The number of nitrogens with one attached hydrogen (secondary N) is 1. The first-order valence-corrected chi connectivity index (χ1v) is 14.1. The minimum absolute atomic E-state index is 0.0653. The number of rotatable bonds is 13. The number of aliphatic hydroxyl groups excluding tert-OH is 1. The lowest BCUT2D eigenvalue weighted by Gasteiger charge is -2.30. The first-order chi connectivity index (χ1) is 20.4. The van der Waals surface area contributed by atoms with Gasteiger partial charge < -0.3 is 20.4 Å². The van der Waals surface area contributed by atoms with E-state index in [-0.39, 0.29) is 37.4 Å². The van der Waals surface area contributed by atoms with Gasteiger partial charge in [0.05, 0.1) is 19.1 Å². The third kappa shape index (κ3) is 7.71. The quantitative estimate of drug-likeness (QED) is 0.192. The Labute approximate surface area is 246 Å². The minimum Gasteiger partial charge on any atom is -0.481 e. The largest absolute Gasteiger partial charge is 0.481 e. The molecule has 7 nitrogen and oxygen atoms in total. The summed E-state index contributed by atoms with van der Waals surface area (Å²) >= 11 is 0. The van der Waals surface area contributed by atoms with Crippen LogP contribution in [0.15, 0.2) is 109 Å². The molecule has 0 heterocycles. The summed E-state index contributed by atoms with van der Waals surface area (Å²) in [5, 5.41) is 22.3. The molecule has 4 rings (SSSR count). The highest BCUT2D eigenvalue weighted by Gasteiger charge is 2.26. The Morgan fingerprint density at radius 1 is 0.762 bits per heavy atom. The Kier molecular flexibility index (Phi) is 10.6. The van der Waals surface area contributed by atoms with Crippen LogP contribution in [0.2, 0.25) is 0 Å². The van der Waals surface area contributed by atoms with Gasteiger partial charge in [-0.1, -0.05) is 97.1 Å². The summed E-state index contributed by atoms with van der Waals surface area (Å²) in [5.41, 5.74) is 3.81. The molecule has 2 atom stereocenters. The molecule has 0 saturated heterocycles. The molecule has 0 radical (unpaired) electrons. The maximum absolute atomic E-state index is 14.1. The number of carbonyl (C=O) groups excluding carboxylic acids is 2. The van der Waals surface area contributed by atoms with Crippen molar-refractivity contribution in [2.24, 2.45) is 0 Å². The van der Waals surface area contributed by atoms with Crippen molar-refractivity contribution in [2.75, 3.05) is 13.2 Å². The molecule has 0 aliphatic heterocycles. The predicted octanol–water partition coefficient (Wildman–Crippen LogP) is 5.76. The third-order valence-corrected chi connectivity index (χ3v) is 7.36. The fraction of sp³-hybridized carbons (Fsp3) is 0.229. The Balaban J connectivity index is 1.64. The van der Waals surface area contributed by atoms with Crippen LogP contribution < -0.4 is 5.32 Å². The average molecular weight is 565 g/mol. The lowest BCUT2D eigenvalue weighted by atomic mass is 9.93. The smallest absolute Gasteiger partial charge is 0.305 e. The Morgan fingerprint density at radius 3 is 1.93 bits per heavy atom. The van der Waals surface area contributed by atoms with Crippen molar-refractivity contribution in [3.05, 3.63) is 131 Å². The van der Waals surface area contributed by atoms with Gasteiger partial charge in [-0.3, -0.25) is 14.4 Å². The van der Waals surface area contributed by atoms with Crippen molar-refractivity contribution < 1.29 is 24.6 Å². The number of carbonyl (C=O) groups is 3. The third-order valence-electron chi connectivity index (χ3n) is 7.36. The SMILES string of the molecule is CC(CCc1ccccc1)N(CCC(=O)O)C(=O)c1ccccc1-c1ccccc1C(=O)N[C@@H](CO)c1ccccc1. The van der Waals surface area contributed by atoms with Gasteiger partial charge in [-0.25, -0.2) is 0 Å². The maximum atomic E-state index is 14.1. The van der Waals surface area contributed by atoms with Crippen LogP contribution >= 0.6 is 0 Å². The van der Waals surface area contributed by atoms with Gasteiger partial charge in [0.15, 0.2) is 0 Å². The monoisotopic (exact) mass is 564 g/mol. The fourth-order valence-corrected chi connectivity index (χ4v) is 5.05. The standard InChI is InChI=1S/C35H36N2O5/c1-25(20-21-26-12-4-2-5-13-26)37(23-22-33(39)40)35(42)31-19-11-9-17-29(31)28-16-8-10-18-30(28)34(41)36-32(24-38)27-14-6-3-7-15-27/h2-19,25,32,38H,20-24H2,1H3,(H,36,41)(H,39,40)/t25?,32-/m0/s1. The molecule has 2 amide bonds. The van der Waals surface area contributed by atoms with E-state index in [1.165, 1.54) is 0 Å².